The third-order valence-electron chi connectivity index (χ3n) is 5.19. The molecule has 2 aliphatic heterocycles. The van der Waals surface area contributed by atoms with Gasteiger partial charge in [0.05, 0.1) is 12.5 Å². The van der Waals surface area contributed by atoms with E-state index in [4.69, 9.17) is 4.74 Å². The first-order valence-corrected chi connectivity index (χ1v) is 9.40. The van der Waals surface area contributed by atoms with Crippen molar-refractivity contribution in [2.24, 2.45) is 11.8 Å². The molecule has 0 aliphatic carbocycles. The molecule has 0 radical (unpaired) electrons. The fourth-order valence-corrected chi connectivity index (χ4v) is 3.55. The summed E-state index contributed by atoms with van der Waals surface area (Å²) in [4.78, 5) is 28.8. The topological polar surface area (TPSA) is 49.9 Å². The van der Waals surface area contributed by atoms with E-state index in [1.54, 1.807) is 4.90 Å². The molecule has 0 saturated carbocycles. The van der Waals surface area contributed by atoms with Crippen LogP contribution in [-0.4, -0.2) is 43.0 Å². The first-order chi connectivity index (χ1) is 12.1. The molecule has 2 saturated heterocycles. The fraction of sp³-hybridized carbons (Fsp3) is 0.600. The molecule has 1 aromatic rings. The van der Waals surface area contributed by atoms with Crippen LogP contribution in [0.25, 0.3) is 0 Å². The Morgan fingerprint density at radius 3 is 2.52 bits per heavy atom. The van der Waals surface area contributed by atoms with Crippen molar-refractivity contribution in [3.8, 4) is 5.75 Å². The number of benzene rings is 1. The quantitative estimate of drug-likeness (QED) is 0.825. The predicted octanol–water partition coefficient (Wildman–Crippen LogP) is 3.09. The number of carbonyl (C=O) groups is 2. The molecule has 0 bridgehead atoms. The molecule has 2 heterocycles. The van der Waals surface area contributed by atoms with Crippen LogP contribution < -0.4 is 9.64 Å². The van der Waals surface area contributed by atoms with Crippen LogP contribution in [0.5, 0.6) is 5.75 Å². The number of rotatable bonds is 5. The van der Waals surface area contributed by atoms with Gasteiger partial charge in [0.25, 0.3) is 0 Å². The van der Waals surface area contributed by atoms with Gasteiger partial charge in [-0.05, 0) is 49.4 Å². The van der Waals surface area contributed by atoms with Crippen LogP contribution in [0.4, 0.5) is 5.69 Å². The number of piperidine rings is 1. The van der Waals surface area contributed by atoms with Crippen molar-refractivity contribution >= 4 is 17.5 Å². The summed E-state index contributed by atoms with van der Waals surface area (Å²) in [5.74, 6) is 1.47. The van der Waals surface area contributed by atoms with E-state index in [1.165, 1.54) is 0 Å². The van der Waals surface area contributed by atoms with Crippen LogP contribution in [0, 0.1) is 11.8 Å². The average Bonchev–Trinajstić information content (AvgIpc) is 3.02. The van der Waals surface area contributed by atoms with Crippen LogP contribution in [-0.2, 0) is 9.59 Å². The van der Waals surface area contributed by atoms with Gasteiger partial charge in [-0.1, -0.05) is 13.8 Å². The summed E-state index contributed by atoms with van der Waals surface area (Å²) in [5.41, 5.74) is 0.844. The monoisotopic (exact) mass is 344 g/mol. The van der Waals surface area contributed by atoms with E-state index in [0.717, 1.165) is 43.8 Å². The fourth-order valence-electron chi connectivity index (χ4n) is 3.55. The molecule has 1 atom stereocenters. The van der Waals surface area contributed by atoms with E-state index in [1.807, 2.05) is 29.2 Å². The zero-order valence-electron chi connectivity index (χ0n) is 15.2. The number of anilines is 1. The van der Waals surface area contributed by atoms with E-state index in [9.17, 15) is 9.59 Å². The molecule has 2 fully saturated rings. The normalized spacial score (nSPS) is 21.7. The number of nitrogens with zero attached hydrogens (tertiary/aromatic N) is 2. The molecule has 3 rings (SSSR count). The van der Waals surface area contributed by atoms with Gasteiger partial charge in [-0.25, -0.2) is 0 Å². The molecule has 0 N–H and O–H groups in total. The van der Waals surface area contributed by atoms with Crippen LogP contribution in [0.3, 0.4) is 0 Å². The molecule has 0 spiro atoms. The summed E-state index contributed by atoms with van der Waals surface area (Å²) in [5, 5.41) is 0. The molecule has 0 aromatic heterocycles. The number of carbonyl (C=O) groups excluding carboxylic acids is 2. The van der Waals surface area contributed by atoms with Crippen molar-refractivity contribution in [2.45, 2.75) is 39.5 Å². The molecule has 2 aliphatic rings. The largest absolute Gasteiger partial charge is 0.494 e. The summed E-state index contributed by atoms with van der Waals surface area (Å²) in [6.45, 7) is 7.13. The van der Waals surface area contributed by atoms with Crippen molar-refractivity contribution < 1.29 is 14.3 Å². The van der Waals surface area contributed by atoms with Crippen molar-refractivity contribution in [3.63, 3.8) is 0 Å². The van der Waals surface area contributed by atoms with Crippen molar-refractivity contribution in [2.75, 3.05) is 31.1 Å². The van der Waals surface area contributed by atoms with Gasteiger partial charge in [0.1, 0.15) is 5.75 Å². The second kappa shape index (κ2) is 7.89. The number of amides is 2. The lowest BCUT2D eigenvalue weighted by Gasteiger charge is -2.32. The van der Waals surface area contributed by atoms with Gasteiger partial charge in [-0.2, -0.15) is 0 Å². The highest BCUT2D eigenvalue weighted by molar-refractivity contribution is 6.00. The molecule has 25 heavy (non-hydrogen) atoms. The average molecular weight is 344 g/mol. The number of hydrogen-bond acceptors (Lipinski definition) is 3. The molecule has 1 aromatic carbocycles. The van der Waals surface area contributed by atoms with E-state index >= 15 is 0 Å². The Hall–Kier alpha value is -2.04. The lowest BCUT2D eigenvalue weighted by atomic mass is 9.97. The number of hydrogen-bond donors (Lipinski definition) is 0. The lowest BCUT2D eigenvalue weighted by Crippen LogP contribution is -2.42. The van der Waals surface area contributed by atoms with E-state index in [-0.39, 0.29) is 17.7 Å². The Labute approximate surface area is 149 Å². The van der Waals surface area contributed by atoms with Gasteiger partial charge in [0.15, 0.2) is 0 Å². The Balaban J connectivity index is 1.61. The first kappa shape index (κ1) is 17.8. The van der Waals surface area contributed by atoms with Crippen LogP contribution in [0.15, 0.2) is 24.3 Å². The minimum absolute atomic E-state index is 0.0333. The third kappa shape index (κ3) is 4.14. The van der Waals surface area contributed by atoms with Gasteiger partial charge < -0.3 is 14.5 Å². The summed E-state index contributed by atoms with van der Waals surface area (Å²) >= 11 is 0. The summed E-state index contributed by atoms with van der Waals surface area (Å²) in [7, 11) is 0. The summed E-state index contributed by atoms with van der Waals surface area (Å²) in [6.07, 6.45) is 3.41. The third-order valence-corrected chi connectivity index (χ3v) is 5.19. The minimum Gasteiger partial charge on any atom is -0.494 e. The van der Waals surface area contributed by atoms with E-state index in [2.05, 4.69) is 13.8 Å². The van der Waals surface area contributed by atoms with Crippen molar-refractivity contribution in [3.05, 3.63) is 24.3 Å². The Bertz CT molecular complexity index is 606. The Kier molecular flexibility index (Phi) is 5.61. The second-order valence-corrected chi connectivity index (χ2v) is 7.26. The van der Waals surface area contributed by atoms with Crippen LogP contribution in [0.1, 0.15) is 39.5 Å². The predicted molar refractivity (Wildman–Crippen MR) is 97.7 cm³/mol. The smallest absolute Gasteiger partial charge is 0.228 e. The molecule has 5 nitrogen and oxygen atoms in total. The van der Waals surface area contributed by atoms with Gasteiger partial charge in [-0.3, -0.25) is 9.59 Å². The maximum absolute atomic E-state index is 12.7. The first-order valence-electron chi connectivity index (χ1n) is 9.40. The highest BCUT2D eigenvalue weighted by Crippen LogP contribution is 2.29. The van der Waals surface area contributed by atoms with Crippen LogP contribution >= 0.6 is 0 Å². The minimum atomic E-state index is -0.211. The SMILES string of the molecule is CCCOc1ccc(N2C[C@@H](C(=O)N3CCC(C)CC3)CC2=O)cc1. The molecule has 2 amide bonds. The van der Waals surface area contributed by atoms with Crippen molar-refractivity contribution in [1.82, 2.24) is 4.90 Å². The van der Waals surface area contributed by atoms with E-state index in [0.29, 0.717) is 25.5 Å². The molecular weight excluding hydrogens is 316 g/mol. The maximum Gasteiger partial charge on any atom is 0.228 e. The zero-order valence-corrected chi connectivity index (χ0v) is 15.2. The Morgan fingerprint density at radius 2 is 1.88 bits per heavy atom. The second-order valence-electron chi connectivity index (χ2n) is 7.26. The molecule has 0 unspecified atom stereocenters. The Morgan fingerprint density at radius 1 is 1.20 bits per heavy atom. The number of ether oxygens (including phenoxy) is 1. The van der Waals surface area contributed by atoms with Gasteiger partial charge >= 0.3 is 0 Å². The highest BCUT2D eigenvalue weighted by Gasteiger charge is 2.37. The molecular formula is C20H28N2O3. The van der Waals surface area contributed by atoms with Gasteiger partial charge in [0, 0.05) is 31.7 Å². The van der Waals surface area contributed by atoms with Gasteiger partial charge in [0.2, 0.25) is 11.8 Å². The molecule has 5 heteroatoms. The van der Waals surface area contributed by atoms with E-state index < -0.39 is 0 Å². The van der Waals surface area contributed by atoms with Gasteiger partial charge in [-0.15, -0.1) is 0 Å². The summed E-state index contributed by atoms with van der Waals surface area (Å²) < 4.78 is 5.58. The lowest BCUT2D eigenvalue weighted by molar-refractivity contribution is -0.137. The molecule has 136 valence electrons. The standard InChI is InChI=1S/C20H28N2O3/c1-3-12-25-18-6-4-17(5-7-18)22-14-16(13-19(22)23)20(24)21-10-8-15(2)9-11-21/h4-7,15-16H,3,8-14H2,1-2H3/t16-/m0/s1. The number of likely N-dealkylation sites (tertiary alicyclic amines) is 1. The zero-order chi connectivity index (χ0) is 17.8. The maximum atomic E-state index is 12.7. The van der Waals surface area contributed by atoms with Crippen LogP contribution in [0.2, 0.25) is 0 Å². The van der Waals surface area contributed by atoms with Crippen molar-refractivity contribution in [1.29, 1.82) is 0 Å². The summed E-state index contributed by atoms with van der Waals surface area (Å²) in [6, 6.07) is 7.58. The highest BCUT2D eigenvalue weighted by atomic mass is 16.5.